The minimum Gasteiger partial charge on any atom is -0.356 e. The number of halogens is 1. The lowest BCUT2D eigenvalue weighted by Crippen LogP contribution is -2.24. The van der Waals surface area contributed by atoms with Crippen molar-refractivity contribution < 1.29 is 0 Å². The number of rotatable bonds is 1. The van der Waals surface area contributed by atoms with Crippen LogP contribution in [0.1, 0.15) is 19.8 Å². The summed E-state index contributed by atoms with van der Waals surface area (Å²) in [4.78, 5) is 6.82. The number of nitrogens with zero attached hydrogens (tertiary/aromatic N) is 3. The number of pyridine rings is 1. The number of hydrogen-bond acceptors (Lipinski definition) is 3. The highest BCUT2D eigenvalue weighted by atomic mass is 79.9. The molecule has 1 saturated heterocycles. The average molecular weight is 306 g/mol. The SMILES string of the molecule is CC1(C#N)C[C@H]2CN(c3ccc(Br)cn3)C[C@H]2C1. The highest BCUT2D eigenvalue weighted by Gasteiger charge is 2.47. The van der Waals surface area contributed by atoms with Crippen LogP contribution in [0.4, 0.5) is 5.82 Å². The summed E-state index contributed by atoms with van der Waals surface area (Å²) in [7, 11) is 0. The monoisotopic (exact) mass is 305 g/mol. The molecule has 94 valence electrons. The first-order chi connectivity index (χ1) is 8.59. The zero-order valence-electron chi connectivity index (χ0n) is 10.4. The molecule has 3 atom stereocenters. The Morgan fingerprint density at radius 1 is 1.39 bits per heavy atom. The van der Waals surface area contributed by atoms with Gasteiger partial charge in [-0.25, -0.2) is 4.98 Å². The molecule has 1 aromatic heterocycles. The lowest BCUT2D eigenvalue weighted by Gasteiger charge is -2.21. The van der Waals surface area contributed by atoms with E-state index in [0.717, 1.165) is 36.2 Å². The molecule has 1 aliphatic carbocycles. The average Bonchev–Trinajstić information content (AvgIpc) is 2.85. The maximum absolute atomic E-state index is 9.21. The maximum atomic E-state index is 9.21. The van der Waals surface area contributed by atoms with Crippen molar-refractivity contribution >= 4 is 21.7 Å². The molecule has 1 aromatic rings. The van der Waals surface area contributed by atoms with Crippen LogP contribution in [0.2, 0.25) is 0 Å². The van der Waals surface area contributed by atoms with Crippen molar-refractivity contribution in [3.05, 3.63) is 22.8 Å². The molecular weight excluding hydrogens is 290 g/mol. The summed E-state index contributed by atoms with van der Waals surface area (Å²) in [6.45, 7) is 4.21. The molecule has 3 rings (SSSR count). The molecule has 0 bridgehead atoms. The topological polar surface area (TPSA) is 39.9 Å². The fraction of sp³-hybridized carbons (Fsp3) is 0.571. The van der Waals surface area contributed by atoms with Crippen molar-refractivity contribution in [3.63, 3.8) is 0 Å². The van der Waals surface area contributed by atoms with Gasteiger partial charge in [0, 0.05) is 23.8 Å². The normalized spacial score (nSPS) is 34.4. The molecule has 1 saturated carbocycles. The van der Waals surface area contributed by atoms with Crippen molar-refractivity contribution in [1.29, 1.82) is 5.26 Å². The van der Waals surface area contributed by atoms with Crippen LogP contribution in [-0.2, 0) is 0 Å². The fourth-order valence-electron chi connectivity index (χ4n) is 3.48. The summed E-state index contributed by atoms with van der Waals surface area (Å²) < 4.78 is 1.02. The van der Waals surface area contributed by atoms with Gasteiger partial charge in [0.25, 0.3) is 0 Å². The smallest absolute Gasteiger partial charge is 0.128 e. The zero-order valence-corrected chi connectivity index (χ0v) is 12.0. The van der Waals surface area contributed by atoms with E-state index in [1.54, 1.807) is 0 Å². The van der Waals surface area contributed by atoms with Gasteiger partial charge in [0.1, 0.15) is 5.82 Å². The van der Waals surface area contributed by atoms with Gasteiger partial charge in [-0.3, -0.25) is 0 Å². The molecule has 1 unspecified atom stereocenters. The third kappa shape index (κ3) is 2.01. The fourth-order valence-corrected chi connectivity index (χ4v) is 3.71. The quantitative estimate of drug-likeness (QED) is 0.800. The predicted molar refractivity (Wildman–Crippen MR) is 74.1 cm³/mol. The Balaban J connectivity index is 1.72. The van der Waals surface area contributed by atoms with Crippen molar-refractivity contribution in [2.75, 3.05) is 18.0 Å². The largest absolute Gasteiger partial charge is 0.356 e. The van der Waals surface area contributed by atoms with Crippen LogP contribution in [0.5, 0.6) is 0 Å². The van der Waals surface area contributed by atoms with Gasteiger partial charge in [-0.1, -0.05) is 0 Å². The van der Waals surface area contributed by atoms with E-state index in [0.29, 0.717) is 11.8 Å². The van der Waals surface area contributed by atoms with E-state index in [4.69, 9.17) is 0 Å². The van der Waals surface area contributed by atoms with Gasteiger partial charge in [0.2, 0.25) is 0 Å². The third-order valence-electron chi connectivity index (χ3n) is 4.31. The van der Waals surface area contributed by atoms with E-state index < -0.39 is 0 Å². The number of hydrogen-bond donors (Lipinski definition) is 0. The Bertz CT molecular complexity index is 477. The minimum atomic E-state index is -0.0887. The molecule has 0 N–H and O–H groups in total. The molecule has 2 fully saturated rings. The van der Waals surface area contributed by atoms with E-state index >= 15 is 0 Å². The number of nitriles is 1. The Kier molecular flexibility index (Phi) is 2.82. The summed E-state index contributed by atoms with van der Waals surface area (Å²) in [5.74, 6) is 2.39. The molecule has 0 radical (unpaired) electrons. The summed E-state index contributed by atoms with van der Waals surface area (Å²) in [6, 6.07) is 6.59. The first-order valence-corrected chi connectivity index (χ1v) is 7.17. The van der Waals surface area contributed by atoms with Gasteiger partial charge in [-0.15, -0.1) is 0 Å². The highest BCUT2D eigenvalue weighted by Crippen LogP contribution is 2.48. The van der Waals surface area contributed by atoms with Gasteiger partial charge in [0.15, 0.2) is 0 Å². The molecule has 2 heterocycles. The Hall–Kier alpha value is -1.08. The molecule has 3 nitrogen and oxygen atoms in total. The highest BCUT2D eigenvalue weighted by molar-refractivity contribution is 9.10. The van der Waals surface area contributed by atoms with Gasteiger partial charge in [-0.05, 0) is 59.7 Å². The summed E-state index contributed by atoms with van der Waals surface area (Å²) in [5, 5.41) is 9.21. The molecule has 0 spiro atoms. The van der Waals surface area contributed by atoms with Crippen LogP contribution in [0.15, 0.2) is 22.8 Å². The van der Waals surface area contributed by atoms with E-state index in [1.807, 2.05) is 12.3 Å². The molecule has 4 heteroatoms. The lowest BCUT2D eigenvalue weighted by atomic mass is 9.89. The molecule has 1 aliphatic heterocycles. The number of fused-ring (bicyclic) bond motifs is 1. The molecule has 0 aromatic carbocycles. The Morgan fingerprint density at radius 2 is 2.06 bits per heavy atom. The Labute approximate surface area is 116 Å². The van der Waals surface area contributed by atoms with Crippen molar-refractivity contribution in [1.82, 2.24) is 4.98 Å². The van der Waals surface area contributed by atoms with Gasteiger partial charge >= 0.3 is 0 Å². The third-order valence-corrected chi connectivity index (χ3v) is 4.78. The van der Waals surface area contributed by atoms with Crippen LogP contribution in [0.25, 0.3) is 0 Å². The second kappa shape index (κ2) is 4.24. The van der Waals surface area contributed by atoms with E-state index in [1.165, 1.54) is 0 Å². The van der Waals surface area contributed by atoms with Gasteiger partial charge in [0.05, 0.1) is 11.5 Å². The van der Waals surface area contributed by atoms with Crippen molar-refractivity contribution in [2.24, 2.45) is 17.3 Å². The van der Waals surface area contributed by atoms with Crippen LogP contribution in [-0.4, -0.2) is 18.1 Å². The summed E-state index contributed by atoms with van der Waals surface area (Å²) in [6.07, 6.45) is 3.94. The van der Waals surface area contributed by atoms with Crippen LogP contribution >= 0.6 is 15.9 Å². The second-order valence-electron chi connectivity index (χ2n) is 5.84. The Morgan fingerprint density at radius 3 is 2.56 bits per heavy atom. The molecule has 0 amide bonds. The molecule has 18 heavy (non-hydrogen) atoms. The minimum absolute atomic E-state index is 0.0887. The second-order valence-corrected chi connectivity index (χ2v) is 6.76. The van der Waals surface area contributed by atoms with E-state index in [2.05, 4.69) is 44.9 Å². The van der Waals surface area contributed by atoms with Crippen LogP contribution in [0, 0.1) is 28.6 Å². The summed E-state index contributed by atoms with van der Waals surface area (Å²) in [5.41, 5.74) is -0.0887. The predicted octanol–water partition coefficient (Wildman–Crippen LogP) is 3.22. The van der Waals surface area contributed by atoms with Crippen LogP contribution in [0.3, 0.4) is 0 Å². The van der Waals surface area contributed by atoms with E-state index in [-0.39, 0.29) is 5.41 Å². The first kappa shape index (κ1) is 12.0. The number of aromatic nitrogens is 1. The zero-order chi connectivity index (χ0) is 12.8. The maximum Gasteiger partial charge on any atom is 0.128 e. The first-order valence-electron chi connectivity index (χ1n) is 6.37. The standard InChI is InChI=1S/C14H16BrN3/c1-14(9-16)4-10-7-18(8-11(10)5-14)13-3-2-12(15)6-17-13/h2-3,6,10-11H,4-5,7-8H2,1H3/t10-,11+,14?. The van der Waals surface area contributed by atoms with Gasteiger partial charge in [-0.2, -0.15) is 5.26 Å². The van der Waals surface area contributed by atoms with E-state index in [9.17, 15) is 5.26 Å². The van der Waals surface area contributed by atoms with Gasteiger partial charge < -0.3 is 4.90 Å². The van der Waals surface area contributed by atoms with Crippen LogP contribution < -0.4 is 4.90 Å². The molecular formula is C14H16BrN3. The molecule has 2 aliphatic rings. The van der Waals surface area contributed by atoms with Crippen molar-refractivity contribution in [2.45, 2.75) is 19.8 Å². The number of anilines is 1. The lowest BCUT2D eigenvalue weighted by molar-refractivity contribution is 0.424. The summed E-state index contributed by atoms with van der Waals surface area (Å²) >= 11 is 3.41. The van der Waals surface area contributed by atoms with Crippen molar-refractivity contribution in [3.8, 4) is 6.07 Å².